The van der Waals surface area contributed by atoms with Crippen molar-refractivity contribution in [2.24, 2.45) is 0 Å². The fraction of sp³-hybridized carbons (Fsp3) is 0.562. The Morgan fingerprint density at radius 2 is 1.83 bits per heavy atom. The highest BCUT2D eigenvalue weighted by Crippen LogP contribution is 2.14. The van der Waals surface area contributed by atoms with Crippen LogP contribution in [0.5, 0.6) is 0 Å². The third-order valence-electron chi connectivity index (χ3n) is 3.82. The molecular weight excluding hydrogens is 335 g/mol. The van der Waals surface area contributed by atoms with Gasteiger partial charge in [-0.1, -0.05) is 12.1 Å². The number of piperazine rings is 1. The van der Waals surface area contributed by atoms with Crippen LogP contribution in [-0.2, 0) is 14.8 Å². The molecule has 0 spiro atoms. The van der Waals surface area contributed by atoms with Crippen molar-refractivity contribution in [3.8, 4) is 0 Å². The Morgan fingerprint density at radius 3 is 2.42 bits per heavy atom. The third-order valence-corrected chi connectivity index (χ3v) is 5.65. The predicted octanol–water partition coefficient (Wildman–Crippen LogP) is 1.34. The summed E-state index contributed by atoms with van der Waals surface area (Å²) in [5.74, 6) is -1.05. The Hall–Kier alpha value is -1.51. The molecular formula is C16H23FN2O4S. The van der Waals surface area contributed by atoms with E-state index in [2.05, 4.69) is 0 Å². The van der Waals surface area contributed by atoms with Gasteiger partial charge in [0.05, 0.1) is 24.0 Å². The number of benzene rings is 1. The highest BCUT2D eigenvalue weighted by Gasteiger charge is 2.29. The van der Waals surface area contributed by atoms with E-state index in [1.165, 1.54) is 27.4 Å². The molecule has 0 saturated carbocycles. The maximum Gasteiger partial charge on any atom is 0.256 e. The number of halogens is 1. The van der Waals surface area contributed by atoms with Crippen LogP contribution in [-0.4, -0.2) is 68.2 Å². The molecule has 1 aromatic carbocycles. The minimum Gasteiger partial charge on any atom is -0.378 e. The number of hydrogen-bond acceptors (Lipinski definition) is 4. The van der Waals surface area contributed by atoms with Gasteiger partial charge >= 0.3 is 0 Å². The predicted molar refractivity (Wildman–Crippen MR) is 88.8 cm³/mol. The van der Waals surface area contributed by atoms with E-state index in [-0.39, 0.29) is 50.2 Å². The van der Waals surface area contributed by atoms with Crippen LogP contribution in [0.2, 0.25) is 0 Å². The molecule has 1 amide bonds. The van der Waals surface area contributed by atoms with E-state index in [0.717, 1.165) is 0 Å². The van der Waals surface area contributed by atoms with Gasteiger partial charge in [0.1, 0.15) is 5.82 Å². The fourth-order valence-corrected chi connectivity index (χ4v) is 3.78. The molecule has 0 atom stereocenters. The lowest BCUT2D eigenvalue weighted by Gasteiger charge is -2.34. The van der Waals surface area contributed by atoms with Gasteiger partial charge in [0.15, 0.2) is 0 Å². The molecule has 1 aromatic rings. The average molecular weight is 358 g/mol. The summed E-state index contributed by atoms with van der Waals surface area (Å²) in [6, 6.07) is 5.80. The highest BCUT2D eigenvalue weighted by atomic mass is 32.2. The Balaban J connectivity index is 1.91. The van der Waals surface area contributed by atoms with E-state index < -0.39 is 21.7 Å². The molecule has 0 unspecified atom stereocenters. The summed E-state index contributed by atoms with van der Waals surface area (Å²) in [6.45, 7) is 4.76. The Bertz CT molecular complexity index is 670. The van der Waals surface area contributed by atoms with Gasteiger partial charge in [-0.05, 0) is 26.0 Å². The first-order valence-corrected chi connectivity index (χ1v) is 9.55. The zero-order chi connectivity index (χ0) is 17.7. The van der Waals surface area contributed by atoms with Crippen molar-refractivity contribution in [3.05, 3.63) is 35.6 Å². The summed E-state index contributed by atoms with van der Waals surface area (Å²) in [5.41, 5.74) is 0.0131. The molecule has 24 heavy (non-hydrogen) atoms. The third kappa shape index (κ3) is 4.75. The van der Waals surface area contributed by atoms with Crippen molar-refractivity contribution in [2.75, 3.05) is 38.5 Å². The minimum atomic E-state index is -3.40. The molecule has 134 valence electrons. The molecule has 0 bridgehead atoms. The molecule has 1 aliphatic rings. The van der Waals surface area contributed by atoms with E-state index in [1.807, 2.05) is 13.8 Å². The second-order valence-corrected chi connectivity index (χ2v) is 8.00. The number of amides is 1. The Labute approximate surface area is 142 Å². The smallest absolute Gasteiger partial charge is 0.256 e. The summed E-state index contributed by atoms with van der Waals surface area (Å²) in [4.78, 5) is 13.8. The lowest BCUT2D eigenvalue weighted by atomic mass is 10.1. The minimum absolute atomic E-state index is 0.0131. The second-order valence-electron chi connectivity index (χ2n) is 5.91. The van der Waals surface area contributed by atoms with Crippen LogP contribution in [0, 0.1) is 5.82 Å². The van der Waals surface area contributed by atoms with E-state index in [0.29, 0.717) is 0 Å². The molecule has 0 aromatic heterocycles. The molecule has 1 saturated heterocycles. The molecule has 0 aliphatic carbocycles. The van der Waals surface area contributed by atoms with E-state index in [9.17, 15) is 17.6 Å². The van der Waals surface area contributed by atoms with Gasteiger partial charge in [-0.2, -0.15) is 4.31 Å². The number of ether oxygens (including phenoxy) is 1. The van der Waals surface area contributed by atoms with Crippen LogP contribution in [0.25, 0.3) is 0 Å². The first-order valence-electron chi connectivity index (χ1n) is 7.94. The lowest BCUT2D eigenvalue weighted by Crippen LogP contribution is -2.51. The number of rotatable bonds is 6. The molecule has 1 heterocycles. The van der Waals surface area contributed by atoms with Crippen LogP contribution in [0.15, 0.2) is 24.3 Å². The maximum atomic E-state index is 13.7. The Morgan fingerprint density at radius 1 is 1.21 bits per heavy atom. The molecule has 1 fully saturated rings. The van der Waals surface area contributed by atoms with Gasteiger partial charge in [-0.3, -0.25) is 4.79 Å². The molecule has 1 aliphatic heterocycles. The Kier molecular flexibility index (Phi) is 6.31. The zero-order valence-electron chi connectivity index (χ0n) is 13.9. The van der Waals surface area contributed by atoms with Crippen molar-refractivity contribution in [3.63, 3.8) is 0 Å². The second kappa shape index (κ2) is 8.04. The quantitative estimate of drug-likeness (QED) is 0.770. The molecule has 6 nitrogen and oxygen atoms in total. The topological polar surface area (TPSA) is 66.9 Å². The van der Waals surface area contributed by atoms with Gasteiger partial charge in [0, 0.05) is 26.2 Å². The van der Waals surface area contributed by atoms with Crippen molar-refractivity contribution >= 4 is 15.9 Å². The maximum absolute atomic E-state index is 13.7. The average Bonchev–Trinajstić information content (AvgIpc) is 2.54. The summed E-state index contributed by atoms with van der Waals surface area (Å²) < 4.78 is 44.8. The molecule has 8 heteroatoms. The summed E-state index contributed by atoms with van der Waals surface area (Å²) in [6.07, 6.45) is -0.0181. The van der Waals surface area contributed by atoms with E-state index in [1.54, 1.807) is 6.07 Å². The van der Waals surface area contributed by atoms with Gasteiger partial charge in [-0.15, -0.1) is 0 Å². The standard InChI is InChI=1S/C16H23FN2O4S/c1-13(2)23-11-12-24(21,22)19-9-7-18(8-10-19)16(20)14-5-3-4-6-15(14)17/h3-6,13H,7-12H2,1-2H3. The molecule has 0 radical (unpaired) electrons. The molecule has 2 rings (SSSR count). The normalized spacial score (nSPS) is 16.6. The van der Waals surface area contributed by atoms with Crippen LogP contribution in [0.3, 0.4) is 0 Å². The fourth-order valence-electron chi connectivity index (χ4n) is 2.49. The van der Waals surface area contributed by atoms with Crippen LogP contribution < -0.4 is 0 Å². The van der Waals surface area contributed by atoms with Crippen molar-refractivity contribution in [1.29, 1.82) is 0 Å². The number of nitrogens with zero attached hydrogens (tertiary/aromatic N) is 2. The highest BCUT2D eigenvalue weighted by molar-refractivity contribution is 7.89. The molecule has 0 N–H and O–H groups in total. The van der Waals surface area contributed by atoms with Gasteiger partial charge in [0.25, 0.3) is 5.91 Å². The van der Waals surface area contributed by atoms with Gasteiger partial charge in [-0.25, -0.2) is 12.8 Å². The summed E-state index contributed by atoms with van der Waals surface area (Å²) in [5, 5.41) is 0. The van der Waals surface area contributed by atoms with Gasteiger partial charge in [0.2, 0.25) is 10.0 Å². The zero-order valence-corrected chi connectivity index (χ0v) is 14.8. The number of carbonyl (C=O) groups is 1. The van der Waals surface area contributed by atoms with Crippen molar-refractivity contribution in [2.45, 2.75) is 20.0 Å². The van der Waals surface area contributed by atoms with E-state index in [4.69, 9.17) is 4.74 Å². The number of sulfonamides is 1. The SMILES string of the molecule is CC(C)OCCS(=O)(=O)N1CCN(C(=O)c2ccccc2F)CC1. The first-order chi connectivity index (χ1) is 11.3. The van der Waals surface area contributed by atoms with Crippen LogP contribution in [0.4, 0.5) is 4.39 Å². The monoisotopic (exact) mass is 358 g/mol. The van der Waals surface area contributed by atoms with Crippen molar-refractivity contribution in [1.82, 2.24) is 9.21 Å². The van der Waals surface area contributed by atoms with Crippen LogP contribution >= 0.6 is 0 Å². The van der Waals surface area contributed by atoms with Crippen molar-refractivity contribution < 1.29 is 22.3 Å². The largest absolute Gasteiger partial charge is 0.378 e. The van der Waals surface area contributed by atoms with Gasteiger partial charge < -0.3 is 9.64 Å². The lowest BCUT2D eigenvalue weighted by molar-refractivity contribution is 0.0689. The summed E-state index contributed by atoms with van der Waals surface area (Å²) >= 11 is 0. The number of carbonyl (C=O) groups excluding carboxylic acids is 1. The first kappa shape index (κ1) is 18.8. The van der Waals surface area contributed by atoms with Crippen LogP contribution in [0.1, 0.15) is 24.2 Å². The summed E-state index contributed by atoms with van der Waals surface area (Å²) in [7, 11) is -3.40. The number of hydrogen-bond donors (Lipinski definition) is 0. The van der Waals surface area contributed by atoms with E-state index >= 15 is 0 Å².